The normalized spacial score (nSPS) is 17.9. The van der Waals surface area contributed by atoms with Crippen LogP contribution in [0.3, 0.4) is 0 Å². The summed E-state index contributed by atoms with van der Waals surface area (Å²) >= 11 is 0. The molecule has 1 aliphatic heterocycles. The predicted molar refractivity (Wildman–Crippen MR) is 72.0 cm³/mol. The highest BCUT2D eigenvalue weighted by molar-refractivity contribution is 5.55. The second-order valence-electron chi connectivity index (χ2n) is 4.68. The smallest absolute Gasteiger partial charge is 0.203 e. The third-order valence-corrected chi connectivity index (χ3v) is 3.62. The lowest BCUT2D eigenvalue weighted by atomic mass is 9.83. The molecule has 0 unspecified atom stereocenters. The van der Waals surface area contributed by atoms with Crippen LogP contribution < -0.4 is 19.9 Å². The first-order valence-corrected chi connectivity index (χ1v) is 6.31. The third-order valence-electron chi connectivity index (χ3n) is 3.62. The van der Waals surface area contributed by atoms with Gasteiger partial charge < -0.3 is 24.7 Å². The maximum atomic E-state index is 6.49. The summed E-state index contributed by atoms with van der Waals surface area (Å²) in [5.74, 6) is 1.85. The van der Waals surface area contributed by atoms with E-state index in [-0.39, 0.29) is 0 Å². The van der Waals surface area contributed by atoms with Gasteiger partial charge in [-0.1, -0.05) is 0 Å². The molecule has 0 bridgehead atoms. The standard InChI is InChI=1S/C14H21NO4/c1-16-11-8-10(9-12(17-2)13(11)18-3)14(15)4-6-19-7-5-14/h8-9H,4-7,15H2,1-3H3. The zero-order valence-corrected chi connectivity index (χ0v) is 11.7. The maximum Gasteiger partial charge on any atom is 0.203 e. The van der Waals surface area contributed by atoms with E-state index in [1.165, 1.54) is 0 Å². The van der Waals surface area contributed by atoms with E-state index in [4.69, 9.17) is 24.7 Å². The number of hydrogen-bond acceptors (Lipinski definition) is 5. The molecular weight excluding hydrogens is 246 g/mol. The summed E-state index contributed by atoms with van der Waals surface area (Å²) in [7, 11) is 4.80. The molecule has 1 aliphatic rings. The Morgan fingerprint density at radius 2 is 1.53 bits per heavy atom. The topological polar surface area (TPSA) is 62.9 Å². The fraction of sp³-hybridized carbons (Fsp3) is 0.571. The molecule has 0 amide bonds. The molecule has 106 valence electrons. The minimum absolute atomic E-state index is 0.398. The van der Waals surface area contributed by atoms with E-state index in [1.54, 1.807) is 21.3 Å². The summed E-state index contributed by atoms with van der Waals surface area (Å²) in [6, 6.07) is 3.85. The van der Waals surface area contributed by atoms with Gasteiger partial charge in [-0.25, -0.2) is 0 Å². The van der Waals surface area contributed by atoms with Crippen molar-refractivity contribution >= 4 is 0 Å². The second-order valence-corrected chi connectivity index (χ2v) is 4.68. The minimum atomic E-state index is -0.398. The Balaban J connectivity index is 2.46. The van der Waals surface area contributed by atoms with Crippen molar-refractivity contribution in [2.24, 2.45) is 5.73 Å². The van der Waals surface area contributed by atoms with Gasteiger partial charge in [-0.05, 0) is 30.5 Å². The number of hydrogen-bond donors (Lipinski definition) is 1. The van der Waals surface area contributed by atoms with E-state index < -0.39 is 5.54 Å². The number of rotatable bonds is 4. The molecule has 2 rings (SSSR count). The molecule has 1 saturated heterocycles. The lowest BCUT2D eigenvalue weighted by Crippen LogP contribution is -2.42. The van der Waals surface area contributed by atoms with Crippen molar-refractivity contribution in [3.05, 3.63) is 17.7 Å². The molecule has 1 aromatic carbocycles. The summed E-state index contributed by atoms with van der Waals surface area (Å²) < 4.78 is 21.4. The first kappa shape index (κ1) is 14.0. The second kappa shape index (κ2) is 5.67. The van der Waals surface area contributed by atoms with Gasteiger partial charge >= 0.3 is 0 Å². The van der Waals surface area contributed by atoms with Crippen LogP contribution in [-0.4, -0.2) is 34.5 Å². The molecule has 0 radical (unpaired) electrons. The summed E-state index contributed by atoms with van der Waals surface area (Å²) in [4.78, 5) is 0. The molecule has 0 aliphatic carbocycles. The van der Waals surface area contributed by atoms with E-state index in [2.05, 4.69) is 0 Å². The van der Waals surface area contributed by atoms with Gasteiger partial charge in [0.1, 0.15) is 0 Å². The Kier molecular flexibility index (Phi) is 4.17. The van der Waals surface area contributed by atoms with Crippen molar-refractivity contribution in [2.45, 2.75) is 18.4 Å². The van der Waals surface area contributed by atoms with Crippen LogP contribution in [0.1, 0.15) is 18.4 Å². The molecule has 1 aromatic rings. The van der Waals surface area contributed by atoms with Gasteiger partial charge in [0, 0.05) is 18.8 Å². The molecule has 0 aromatic heterocycles. The van der Waals surface area contributed by atoms with Crippen LogP contribution in [0.25, 0.3) is 0 Å². The molecule has 2 N–H and O–H groups in total. The van der Waals surface area contributed by atoms with E-state index in [1.807, 2.05) is 12.1 Å². The maximum absolute atomic E-state index is 6.49. The molecule has 1 fully saturated rings. The highest BCUT2D eigenvalue weighted by Gasteiger charge is 2.32. The van der Waals surface area contributed by atoms with E-state index in [0.717, 1.165) is 18.4 Å². The zero-order valence-electron chi connectivity index (χ0n) is 11.7. The van der Waals surface area contributed by atoms with Crippen LogP contribution in [-0.2, 0) is 10.3 Å². The van der Waals surface area contributed by atoms with Crippen molar-refractivity contribution in [1.82, 2.24) is 0 Å². The first-order valence-electron chi connectivity index (χ1n) is 6.31. The molecule has 0 spiro atoms. The largest absolute Gasteiger partial charge is 0.493 e. The predicted octanol–water partition coefficient (Wildman–Crippen LogP) is 1.68. The molecule has 5 heteroatoms. The van der Waals surface area contributed by atoms with Gasteiger partial charge in [0.25, 0.3) is 0 Å². The average Bonchev–Trinajstić information content (AvgIpc) is 2.46. The summed E-state index contributed by atoms with van der Waals surface area (Å²) in [6.07, 6.45) is 1.57. The van der Waals surface area contributed by atoms with Gasteiger partial charge in [0.2, 0.25) is 5.75 Å². The van der Waals surface area contributed by atoms with Gasteiger partial charge in [0.05, 0.1) is 21.3 Å². The van der Waals surface area contributed by atoms with Crippen molar-refractivity contribution in [2.75, 3.05) is 34.5 Å². The lowest BCUT2D eigenvalue weighted by molar-refractivity contribution is 0.0521. The first-order chi connectivity index (χ1) is 9.14. The number of ether oxygens (including phenoxy) is 4. The average molecular weight is 267 g/mol. The molecule has 1 heterocycles. The van der Waals surface area contributed by atoms with Crippen molar-refractivity contribution in [3.8, 4) is 17.2 Å². The molecule has 5 nitrogen and oxygen atoms in total. The van der Waals surface area contributed by atoms with Crippen LogP contribution in [0.2, 0.25) is 0 Å². The molecule has 0 atom stereocenters. The van der Waals surface area contributed by atoms with Crippen molar-refractivity contribution in [1.29, 1.82) is 0 Å². The summed E-state index contributed by atoms with van der Waals surface area (Å²) in [6.45, 7) is 1.35. The van der Waals surface area contributed by atoms with Gasteiger partial charge in [-0.3, -0.25) is 0 Å². The monoisotopic (exact) mass is 267 g/mol. The fourth-order valence-corrected chi connectivity index (χ4v) is 2.39. The van der Waals surface area contributed by atoms with Crippen molar-refractivity contribution in [3.63, 3.8) is 0 Å². The Morgan fingerprint density at radius 1 is 1.00 bits per heavy atom. The number of nitrogens with two attached hydrogens (primary N) is 1. The van der Waals surface area contributed by atoms with Crippen LogP contribution in [0.15, 0.2) is 12.1 Å². The SMILES string of the molecule is COc1cc(C2(N)CCOCC2)cc(OC)c1OC. The van der Waals surface area contributed by atoms with Gasteiger partial charge in [-0.15, -0.1) is 0 Å². The fourth-order valence-electron chi connectivity index (χ4n) is 2.39. The lowest BCUT2D eigenvalue weighted by Gasteiger charge is -2.34. The molecule has 0 saturated carbocycles. The van der Waals surface area contributed by atoms with Crippen LogP contribution in [0.4, 0.5) is 0 Å². The Bertz CT molecular complexity index is 416. The Morgan fingerprint density at radius 3 is 1.95 bits per heavy atom. The minimum Gasteiger partial charge on any atom is -0.493 e. The number of methoxy groups -OCH3 is 3. The Hall–Kier alpha value is -1.46. The Labute approximate surface area is 113 Å². The van der Waals surface area contributed by atoms with Crippen LogP contribution in [0.5, 0.6) is 17.2 Å². The van der Waals surface area contributed by atoms with Gasteiger partial charge in [0.15, 0.2) is 11.5 Å². The molecular formula is C14H21NO4. The highest BCUT2D eigenvalue weighted by Crippen LogP contribution is 2.42. The van der Waals surface area contributed by atoms with Crippen LogP contribution in [0, 0.1) is 0 Å². The summed E-state index contributed by atoms with van der Waals surface area (Å²) in [5, 5.41) is 0. The highest BCUT2D eigenvalue weighted by atomic mass is 16.5. The quantitative estimate of drug-likeness (QED) is 0.899. The molecule has 19 heavy (non-hydrogen) atoms. The summed E-state index contributed by atoms with van der Waals surface area (Å²) in [5.41, 5.74) is 7.08. The number of benzene rings is 1. The van der Waals surface area contributed by atoms with Crippen LogP contribution >= 0.6 is 0 Å². The van der Waals surface area contributed by atoms with Gasteiger partial charge in [-0.2, -0.15) is 0 Å². The van der Waals surface area contributed by atoms with E-state index >= 15 is 0 Å². The van der Waals surface area contributed by atoms with E-state index in [9.17, 15) is 0 Å². The zero-order chi connectivity index (χ0) is 13.9. The third kappa shape index (κ3) is 2.62. The van der Waals surface area contributed by atoms with Crippen molar-refractivity contribution < 1.29 is 18.9 Å². The van der Waals surface area contributed by atoms with E-state index in [0.29, 0.717) is 30.5 Å².